The molecule has 8 nitrogen and oxygen atoms in total. The molecule has 0 bridgehead atoms. The van der Waals surface area contributed by atoms with Crippen LogP contribution in [0.1, 0.15) is 21.8 Å². The fraction of sp³-hybridized carbons (Fsp3) is 0.235. The van der Waals surface area contributed by atoms with Crippen molar-refractivity contribution in [2.45, 2.75) is 13.5 Å². The minimum atomic E-state index is -3.44. The smallest absolute Gasteiger partial charge is 0.254 e. The number of anilines is 1. The van der Waals surface area contributed by atoms with Gasteiger partial charge in [-0.15, -0.1) is 11.3 Å². The largest absolute Gasteiger partial charge is 0.337 e. The molecule has 0 saturated heterocycles. The summed E-state index contributed by atoms with van der Waals surface area (Å²) in [5.41, 5.74) is 1.31. The molecule has 1 aromatic carbocycles. The van der Waals surface area contributed by atoms with E-state index in [-0.39, 0.29) is 12.5 Å². The van der Waals surface area contributed by atoms with Gasteiger partial charge in [-0.05, 0) is 36.1 Å². The fourth-order valence-corrected chi connectivity index (χ4v) is 3.75. The van der Waals surface area contributed by atoms with E-state index in [1.165, 1.54) is 16.2 Å². The van der Waals surface area contributed by atoms with Gasteiger partial charge in [-0.25, -0.2) is 8.42 Å². The molecule has 142 valence electrons. The highest BCUT2D eigenvalue weighted by Crippen LogP contribution is 2.23. The van der Waals surface area contributed by atoms with Gasteiger partial charge in [-0.2, -0.15) is 4.98 Å². The molecular weight excluding hydrogens is 388 g/mol. The number of rotatable bonds is 6. The minimum absolute atomic E-state index is 0.139. The van der Waals surface area contributed by atoms with Crippen molar-refractivity contribution in [3.8, 4) is 10.7 Å². The summed E-state index contributed by atoms with van der Waals surface area (Å²) in [6.07, 6.45) is 1.06. The van der Waals surface area contributed by atoms with Gasteiger partial charge in [0.1, 0.15) is 0 Å². The number of carbonyl (C=O) groups is 1. The van der Waals surface area contributed by atoms with E-state index in [2.05, 4.69) is 14.9 Å². The van der Waals surface area contributed by atoms with Crippen LogP contribution in [-0.2, 0) is 16.6 Å². The Morgan fingerprint density at radius 1 is 1.30 bits per heavy atom. The molecule has 0 fully saturated rings. The lowest BCUT2D eigenvalue weighted by Gasteiger charge is -2.18. The molecule has 27 heavy (non-hydrogen) atoms. The number of sulfonamides is 1. The average molecular weight is 406 g/mol. The van der Waals surface area contributed by atoms with Crippen molar-refractivity contribution in [1.29, 1.82) is 0 Å². The van der Waals surface area contributed by atoms with E-state index in [0.717, 1.165) is 11.1 Å². The number of amides is 1. The Bertz CT molecular complexity index is 1060. The zero-order valence-electron chi connectivity index (χ0n) is 15.0. The Morgan fingerprint density at radius 3 is 2.74 bits per heavy atom. The molecule has 2 heterocycles. The normalized spacial score (nSPS) is 11.4. The first-order valence-electron chi connectivity index (χ1n) is 7.94. The van der Waals surface area contributed by atoms with Crippen LogP contribution >= 0.6 is 11.3 Å². The molecule has 1 amide bonds. The Kier molecular flexibility index (Phi) is 5.29. The van der Waals surface area contributed by atoms with Crippen LogP contribution in [0.25, 0.3) is 10.7 Å². The lowest BCUT2D eigenvalue weighted by molar-refractivity contribution is 0.0769. The van der Waals surface area contributed by atoms with Crippen LogP contribution in [0.3, 0.4) is 0 Å². The molecular formula is C17H18N4O4S2. The molecule has 0 aliphatic heterocycles. The third-order valence-corrected chi connectivity index (χ3v) is 5.24. The van der Waals surface area contributed by atoms with Gasteiger partial charge in [0.05, 0.1) is 23.4 Å². The van der Waals surface area contributed by atoms with Gasteiger partial charge in [0.15, 0.2) is 0 Å². The standard InChI is InChI=1S/C17H18N4O4S2/c1-11-12(6-4-7-13(11)20-27(3,23)24)17(22)21(2)10-15-18-16(19-25-15)14-8-5-9-26-14/h4-9,20H,10H2,1-3H3. The monoisotopic (exact) mass is 406 g/mol. The summed E-state index contributed by atoms with van der Waals surface area (Å²) in [6.45, 7) is 1.83. The Balaban J connectivity index is 1.77. The maximum atomic E-state index is 12.8. The van der Waals surface area contributed by atoms with E-state index in [0.29, 0.717) is 28.5 Å². The number of hydrogen-bond acceptors (Lipinski definition) is 7. The van der Waals surface area contributed by atoms with Gasteiger partial charge in [-0.3, -0.25) is 9.52 Å². The molecule has 0 atom stereocenters. The second kappa shape index (κ2) is 7.49. The lowest BCUT2D eigenvalue weighted by Crippen LogP contribution is -2.27. The molecule has 10 heteroatoms. The predicted molar refractivity (Wildman–Crippen MR) is 103 cm³/mol. The molecule has 2 aromatic heterocycles. The van der Waals surface area contributed by atoms with Gasteiger partial charge >= 0.3 is 0 Å². The molecule has 1 N–H and O–H groups in total. The average Bonchev–Trinajstić information content (AvgIpc) is 3.26. The third-order valence-electron chi connectivity index (χ3n) is 3.79. The van der Waals surface area contributed by atoms with Crippen molar-refractivity contribution in [3.63, 3.8) is 0 Å². The van der Waals surface area contributed by atoms with Crippen molar-refractivity contribution < 1.29 is 17.7 Å². The number of nitrogens with zero attached hydrogens (tertiary/aromatic N) is 3. The molecule has 0 aliphatic carbocycles. The highest BCUT2D eigenvalue weighted by molar-refractivity contribution is 7.92. The summed E-state index contributed by atoms with van der Waals surface area (Å²) in [7, 11) is -1.82. The SMILES string of the molecule is Cc1c(NS(C)(=O)=O)cccc1C(=O)N(C)Cc1nc(-c2cccs2)no1. The van der Waals surface area contributed by atoms with Crippen molar-refractivity contribution in [2.75, 3.05) is 18.0 Å². The van der Waals surface area contributed by atoms with Crippen LogP contribution in [0.4, 0.5) is 5.69 Å². The van der Waals surface area contributed by atoms with Crippen molar-refractivity contribution >= 4 is 33.0 Å². The van der Waals surface area contributed by atoms with E-state index >= 15 is 0 Å². The molecule has 0 saturated carbocycles. The van der Waals surface area contributed by atoms with Crippen LogP contribution < -0.4 is 4.72 Å². The number of hydrogen-bond donors (Lipinski definition) is 1. The summed E-state index contributed by atoms with van der Waals surface area (Å²) in [4.78, 5) is 19.4. The second-order valence-corrected chi connectivity index (χ2v) is 8.70. The van der Waals surface area contributed by atoms with Crippen LogP contribution in [0, 0.1) is 6.92 Å². The number of thiophene rings is 1. The number of benzene rings is 1. The van der Waals surface area contributed by atoms with Gasteiger partial charge < -0.3 is 9.42 Å². The first-order valence-corrected chi connectivity index (χ1v) is 10.7. The first kappa shape index (κ1) is 19.1. The van der Waals surface area contributed by atoms with E-state index in [1.807, 2.05) is 17.5 Å². The summed E-state index contributed by atoms with van der Waals surface area (Å²) in [6, 6.07) is 8.66. The van der Waals surface area contributed by atoms with Crippen LogP contribution in [0.2, 0.25) is 0 Å². The third kappa shape index (κ3) is 4.52. The van der Waals surface area contributed by atoms with Crippen LogP contribution in [0.15, 0.2) is 40.2 Å². The summed E-state index contributed by atoms with van der Waals surface area (Å²) < 4.78 is 30.6. The molecule has 0 spiro atoms. The van der Waals surface area contributed by atoms with Gasteiger partial charge in [0.25, 0.3) is 5.91 Å². The fourth-order valence-electron chi connectivity index (χ4n) is 2.48. The van der Waals surface area contributed by atoms with Gasteiger partial charge in [-0.1, -0.05) is 17.3 Å². The maximum Gasteiger partial charge on any atom is 0.254 e. The molecule has 3 rings (SSSR count). The second-order valence-electron chi connectivity index (χ2n) is 6.00. The van der Waals surface area contributed by atoms with E-state index in [1.54, 1.807) is 32.2 Å². The number of aromatic nitrogens is 2. The van der Waals surface area contributed by atoms with Gasteiger partial charge in [0.2, 0.25) is 21.7 Å². The van der Waals surface area contributed by atoms with Crippen molar-refractivity contribution in [2.24, 2.45) is 0 Å². The Morgan fingerprint density at radius 2 is 2.07 bits per heavy atom. The molecule has 0 unspecified atom stereocenters. The topological polar surface area (TPSA) is 105 Å². The summed E-state index contributed by atoms with van der Waals surface area (Å²) >= 11 is 1.50. The zero-order valence-corrected chi connectivity index (χ0v) is 16.6. The molecule has 0 aliphatic rings. The lowest BCUT2D eigenvalue weighted by atomic mass is 10.1. The maximum absolute atomic E-state index is 12.8. The molecule has 0 radical (unpaired) electrons. The van der Waals surface area contributed by atoms with Crippen molar-refractivity contribution in [1.82, 2.24) is 15.0 Å². The number of carbonyl (C=O) groups excluding carboxylic acids is 1. The highest BCUT2D eigenvalue weighted by Gasteiger charge is 2.19. The Labute approximate surface area is 160 Å². The summed E-state index contributed by atoms with van der Waals surface area (Å²) in [5.74, 6) is 0.522. The first-order chi connectivity index (χ1) is 12.7. The minimum Gasteiger partial charge on any atom is -0.337 e. The summed E-state index contributed by atoms with van der Waals surface area (Å²) in [5, 5.41) is 5.84. The van der Waals surface area contributed by atoms with Crippen molar-refractivity contribution in [3.05, 3.63) is 52.7 Å². The molecule has 3 aromatic rings. The van der Waals surface area contributed by atoms with Crippen LogP contribution in [-0.4, -0.2) is 42.7 Å². The van der Waals surface area contributed by atoms with E-state index < -0.39 is 10.0 Å². The quantitative estimate of drug-likeness (QED) is 0.675. The van der Waals surface area contributed by atoms with E-state index in [9.17, 15) is 13.2 Å². The van der Waals surface area contributed by atoms with E-state index in [4.69, 9.17) is 4.52 Å². The number of nitrogens with one attached hydrogen (secondary N) is 1. The van der Waals surface area contributed by atoms with Gasteiger partial charge in [0, 0.05) is 12.6 Å². The predicted octanol–water partition coefficient (Wildman–Crippen LogP) is 2.75. The van der Waals surface area contributed by atoms with Crippen LogP contribution in [0.5, 0.6) is 0 Å². The highest BCUT2D eigenvalue weighted by atomic mass is 32.2. The zero-order chi connectivity index (χ0) is 19.6. The Hall–Kier alpha value is -2.72.